The lowest BCUT2D eigenvalue weighted by atomic mass is 9.95. The van der Waals surface area contributed by atoms with Gasteiger partial charge >= 0.3 is 5.97 Å². The number of terminal acetylenes is 1. The summed E-state index contributed by atoms with van der Waals surface area (Å²) in [7, 11) is 0. The van der Waals surface area contributed by atoms with Crippen molar-refractivity contribution in [3.63, 3.8) is 0 Å². The summed E-state index contributed by atoms with van der Waals surface area (Å²) in [5, 5.41) is 11.9. The van der Waals surface area contributed by atoms with E-state index in [1.165, 1.54) is 0 Å². The van der Waals surface area contributed by atoms with Gasteiger partial charge in [-0.1, -0.05) is 13.3 Å². The highest BCUT2D eigenvalue weighted by Crippen LogP contribution is 2.38. The second kappa shape index (κ2) is 7.05. The Morgan fingerprint density at radius 2 is 2.06 bits per heavy atom. The topological polar surface area (TPSA) is 66.4 Å². The molecule has 0 saturated heterocycles. The lowest BCUT2D eigenvalue weighted by Gasteiger charge is -2.15. The van der Waals surface area contributed by atoms with E-state index >= 15 is 0 Å². The number of rotatable bonds is 6. The van der Waals surface area contributed by atoms with E-state index in [-0.39, 0.29) is 11.8 Å². The molecule has 0 aromatic rings. The van der Waals surface area contributed by atoms with Gasteiger partial charge < -0.3 is 10.4 Å². The average molecular weight is 251 g/mol. The van der Waals surface area contributed by atoms with E-state index in [9.17, 15) is 9.59 Å². The van der Waals surface area contributed by atoms with Crippen molar-refractivity contribution in [3.8, 4) is 12.3 Å². The smallest absolute Gasteiger partial charge is 0.307 e. The molecule has 4 nitrogen and oxygen atoms in total. The van der Waals surface area contributed by atoms with Gasteiger partial charge in [-0.25, -0.2) is 0 Å². The molecule has 2 N–H and O–H groups in total. The number of unbranched alkanes of at least 4 members (excludes halogenated alkanes) is 1. The van der Waals surface area contributed by atoms with E-state index in [0.29, 0.717) is 31.7 Å². The van der Waals surface area contributed by atoms with Gasteiger partial charge in [-0.2, -0.15) is 0 Å². The van der Waals surface area contributed by atoms with Gasteiger partial charge in [-0.15, -0.1) is 12.3 Å². The highest BCUT2D eigenvalue weighted by Gasteiger charge is 2.41. The third-order valence-corrected chi connectivity index (χ3v) is 3.69. The molecule has 4 heteroatoms. The molecular formula is C14H21NO3. The Labute approximate surface area is 108 Å². The minimum Gasteiger partial charge on any atom is -0.481 e. The predicted octanol–water partition coefficient (Wildman–Crippen LogP) is 1.65. The number of amides is 1. The quantitative estimate of drug-likeness (QED) is 0.557. The lowest BCUT2D eigenvalue weighted by molar-refractivity contribution is -0.146. The molecule has 0 aromatic heterocycles. The number of hydrogen-bond donors (Lipinski definition) is 2. The normalized spacial score (nSPS) is 26.6. The van der Waals surface area contributed by atoms with Crippen LogP contribution in [0.15, 0.2) is 0 Å². The first-order valence-corrected chi connectivity index (χ1v) is 6.54. The van der Waals surface area contributed by atoms with Gasteiger partial charge in [0.05, 0.1) is 11.8 Å². The minimum absolute atomic E-state index is 0.129. The van der Waals surface area contributed by atoms with Gasteiger partial charge in [0.2, 0.25) is 5.91 Å². The second-order valence-corrected chi connectivity index (χ2v) is 4.90. The zero-order chi connectivity index (χ0) is 13.5. The van der Waals surface area contributed by atoms with Crippen LogP contribution in [-0.2, 0) is 9.59 Å². The molecule has 1 amide bonds. The Balaban J connectivity index is 2.49. The van der Waals surface area contributed by atoms with Crippen molar-refractivity contribution in [2.45, 2.75) is 39.0 Å². The lowest BCUT2D eigenvalue weighted by Crippen LogP contribution is -2.35. The van der Waals surface area contributed by atoms with Gasteiger partial charge in [0, 0.05) is 13.0 Å². The highest BCUT2D eigenvalue weighted by molar-refractivity contribution is 5.85. The van der Waals surface area contributed by atoms with E-state index in [4.69, 9.17) is 11.5 Å². The Kier molecular flexibility index (Phi) is 5.70. The molecule has 0 heterocycles. The van der Waals surface area contributed by atoms with Crippen molar-refractivity contribution in [2.75, 3.05) is 6.54 Å². The van der Waals surface area contributed by atoms with Gasteiger partial charge in [0.25, 0.3) is 0 Å². The summed E-state index contributed by atoms with van der Waals surface area (Å²) in [5.74, 6) is 0.980. The average Bonchev–Trinajstić information content (AvgIpc) is 2.78. The van der Waals surface area contributed by atoms with Crippen LogP contribution in [0.5, 0.6) is 0 Å². The minimum atomic E-state index is -0.852. The number of hydrogen-bond acceptors (Lipinski definition) is 2. The summed E-state index contributed by atoms with van der Waals surface area (Å²) in [5.41, 5.74) is 0. The molecule has 3 unspecified atom stereocenters. The zero-order valence-corrected chi connectivity index (χ0v) is 10.8. The molecule has 0 radical (unpaired) electrons. The van der Waals surface area contributed by atoms with E-state index < -0.39 is 11.9 Å². The number of nitrogens with one attached hydrogen (secondary N) is 1. The number of aliphatic carboxylic acids is 1. The predicted molar refractivity (Wildman–Crippen MR) is 68.7 cm³/mol. The SMILES string of the molecule is C#CCCCNC(=O)C1CC(CC)CC1C(=O)O. The first kappa shape index (κ1) is 14.6. The van der Waals surface area contributed by atoms with E-state index in [2.05, 4.69) is 11.2 Å². The monoisotopic (exact) mass is 251 g/mol. The molecule has 0 spiro atoms. The Bertz CT molecular complexity index is 345. The standard InChI is InChI=1S/C14H21NO3/c1-3-5-6-7-15-13(16)11-8-10(4-2)9-12(11)14(17)18/h1,10-12H,4-9H2,2H3,(H,15,16)(H,17,18). The largest absolute Gasteiger partial charge is 0.481 e. The van der Waals surface area contributed by atoms with Crippen LogP contribution in [0.3, 0.4) is 0 Å². The molecule has 1 aliphatic carbocycles. The van der Waals surface area contributed by atoms with Crippen molar-refractivity contribution < 1.29 is 14.7 Å². The van der Waals surface area contributed by atoms with Crippen LogP contribution < -0.4 is 5.32 Å². The van der Waals surface area contributed by atoms with Gasteiger partial charge in [0.15, 0.2) is 0 Å². The van der Waals surface area contributed by atoms with E-state index in [0.717, 1.165) is 12.8 Å². The Morgan fingerprint density at radius 1 is 1.39 bits per heavy atom. The highest BCUT2D eigenvalue weighted by atomic mass is 16.4. The van der Waals surface area contributed by atoms with Crippen LogP contribution >= 0.6 is 0 Å². The third-order valence-electron chi connectivity index (χ3n) is 3.69. The third kappa shape index (κ3) is 3.76. The first-order chi connectivity index (χ1) is 8.60. The molecule has 100 valence electrons. The molecule has 1 fully saturated rings. The number of carboxylic acid groups (broad SMARTS) is 1. The van der Waals surface area contributed by atoms with Crippen molar-refractivity contribution in [1.82, 2.24) is 5.32 Å². The summed E-state index contributed by atoms with van der Waals surface area (Å²) >= 11 is 0. The molecule has 18 heavy (non-hydrogen) atoms. The second-order valence-electron chi connectivity index (χ2n) is 4.90. The number of carbonyl (C=O) groups is 2. The van der Waals surface area contributed by atoms with Crippen LogP contribution in [0, 0.1) is 30.1 Å². The maximum absolute atomic E-state index is 12.0. The van der Waals surface area contributed by atoms with Crippen LogP contribution in [0.25, 0.3) is 0 Å². The summed E-state index contributed by atoms with van der Waals surface area (Å²) in [6.07, 6.45) is 8.74. The van der Waals surface area contributed by atoms with Crippen LogP contribution in [-0.4, -0.2) is 23.5 Å². The van der Waals surface area contributed by atoms with Gasteiger partial charge in [-0.3, -0.25) is 9.59 Å². The molecule has 1 saturated carbocycles. The van der Waals surface area contributed by atoms with Crippen molar-refractivity contribution >= 4 is 11.9 Å². The number of carbonyl (C=O) groups excluding carboxylic acids is 1. The van der Waals surface area contributed by atoms with Crippen LogP contribution in [0.2, 0.25) is 0 Å². The molecule has 3 atom stereocenters. The summed E-state index contributed by atoms with van der Waals surface area (Å²) < 4.78 is 0. The fourth-order valence-electron chi connectivity index (χ4n) is 2.57. The number of carboxylic acids is 1. The van der Waals surface area contributed by atoms with E-state index in [1.54, 1.807) is 0 Å². The van der Waals surface area contributed by atoms with Crippen molar-refractivity contribution in [2.24, 2.45) is 17.8 Å². The molecular weight excluding hydrogens is 230 g/mol. The summed E-state index contributed by atoms with van der Waals surface area (Å²) in [6, 6.07) is 0. The van der Waals surface area contributed by atoms with E-state index in [1.807, 2.05) is 6.92 Å². The molecule has 1 aliphatic rings. The fraction of sp³-hybridized carbons (Fsp3) is 0.714. The van der Waals surface area contributed by atoms with Gasteiger partial charge in [-0.05, 0) is 25.2 Å². The Hall–Kier alpha value is -1.50. The summed E-state index contributed by atoms with van der Waals surface area (Å²) in [6.45, 7) is 2.57. The van der Waals surface area contributed by atoms with Crippen molar-refractivity contribution in [3.05, 3.63) is 0 Å². The van der Waals surface area contributed by atoms with Crippen molar-refractivity contribution in [1.29, 1.82) is 0 Å². The first-order valence-electron chi connectivity index (χ1n) is 6.54. The van der Waals surface area contributed by atoms with Gasteiger partial charge in [0.1, 0.15) is 0 Å². The maximum atomic E-state index is 12.0. The molecule has 0 aliphatic heterocycles. The van der Waals surface area contributed by atoms with Crippen LogP contribution in [0.4, 0.5) is 0 Å². The Morgan fingerprint density at radius 3 is 2.61 bits per heavy atom. The zero-order valence-electron chi connectivity index (χ0n) is 10.8. The maximum Gasteiger partial charge on any atom is 0.307 e. The molecule has 1 rings (SSSR count). The molecule has 0 aromatic carbocycles. The molecule has 0 bridgehead atoms. The fourth-order valence-corrected chi connectivity index (χ4v) is 2.57. The van der Waals surface area contributed by atoms with Crippen LogP contribution in [0.1, 0.15) is 39.0 Å². The summed E-state index contributed by atoms with van der Waals surface area (Å²) in [4.78, 5) is 23.1.